The van der Waals surface area contributed by atoms with Gasteiger partial charge in [0, 0.05) is 13.2 Å². The largest absolute Gasteiger partial charge is 0.379 e. The molecule has 0 rings (SSSR count). The monoisotopic (exact) mass is 727 g/mol. The predicted molar refractivity (Wildman–Crippen MR) is 215 cm³/mol. The van der Waals surface area contributed by atoms with Gasteiger partial charge in [-0.25, -0.2) is 0 Å². The lowest BCUT2D eigenvalue weighted by molar-refractivity contribution is -0.891. The summed E-state index contributed by atoms with van der Waals surface area (Å²) in [4.78, 5) is 0. The lowest BCUT2D eigenvalue weighted by Gasteiger charge is -2.33. The summed E-state index contributed by atoms with van der Waals surface area (Å²) in [7, 11) is 4.62. The Morgan fingerprint density at radius 1 is 0.489 bits per heavy atom. The zero-order valence-corrected chi connectivity index (χ0v) is 34.2. The Morgan fingerprint density at radius 3 is 1.26 bits per heavy atom. The smallest absolute Gasteiger partial charge is 0.130 e. The van der Waals surface area contributed by atoms with E-state index in [2.05, 4.69) is 68.2 Å². The average molecular weight is 728 g/mol. The van der Waals surface area contributed by atoms with Crippen LogP contribution in [0.2, 0.25) is 0 Å². The average Bonchev–Trinajstić information content (AvgIpc) is 3.05. The molecule has 1 unspecified atom stereocenters. The summed E-state index contributed by atoms with van der Waals surface area (Å²) in [6.45, 7) is 9.20. The molecule has 1 atom stereocenters. The van der Waals surface area contributed by atoms with Gasteiger partial charge in [-0.3, -0.25) is 0 Å². The van der Waals surface area contributed by atoms with Gasteiger partial charge in [-0.2, -0.15) is 0 Å². The molecule has 0 spiro atoms. The minimum Gasteiger partial charge on any atom is -0.379 e. The highest BCUT2D eigenvalue weighted by Gasteiger charge is 2.22. The van der Waals surface area contributed by atoms with Crippen molar-refractivity contribution in [3.63, 3.8) is 0 Å². The van der Waals surface area contributed by atoms with Crippen LogP contribution in [0.25, 0.3) is 0 Å². The van der Waals surface area contributed by atoms with E-state index in [4.69, 9.17) is 9.47 Å². The van der Waals surface area contributed by atoms with E-state index in [1.54, 1.807) is 0 Å². The Kier molecular flexibility index (Phi) is 38.5. The molecule has 0 amide bonds. The summed E-state index contributed by atoms with van der Waals surface area (Å²) in [6, 6.07) is 0. The van der Waals surface area contributed by atoms with Gasteiger partial charge in [0.25, 0.3) is 0 Å². The number of allylic oxidation sites excluding steroid dienone is 4. The highest BCUT2D eigenvalue weighted by molar-refractivity contribution is 9.09. The van der Waals surface area contributed by atoms with Gasteiger partial charge >= 0.3 is 0 Å². The minimum absolute atomic E-state index is 0.196. The molecule has 0 bridgehead atoms. The zero-order chi connectivity index (χ0) is 34.4. The first-order chi connectivity index (χ1) is 23.1. The van der Waals surface area contributed by atoms with Crippen LogP contribution in [0.4, 0.5) is 0 Å². The number of alkyl halides is 1. The van der Waals surface area contributed by atoms with E-state index in [9.17, 15) is 0 Å². The first kappa shape index (κ1) is 46.8. The van der Waals surface area contributed by atoms with Crippen LogP contribution in [0, 0.1) is 0 Å². The standard InChI is InChI=1S/C43H85BrNO2/c1-5-7-9-11-13-15-17-19-21-23-25-27-29-31-33-35-39-46-42-43(41-45(3,4)38-37-44)47-40-36-34-32-30-28-26-24-22-20-18-16-14-12-10-8-6-2/h19-22,43H,5-18,23-42H2,1-4H3/q+1. The third-order valence-corrected chi connectivity index (χ3v) is 9.86. The molecule has 0 aromatic rings. The first-order valence-electron chi connectivity index (χ1n) is 20.9. The summed E-state index contributed by atoms with van der Waals surface area (Å²) >= 11 is 3.64. The number of ether oxygens (including phenoxy) is 2. The van der Waals surface area contributed by atoms with E-state index < -0.39 is 0 Å². The summed E-state index contributed by atoms with van der Waals surface area (Å²) in [5.74, 6) is 0. The van der Waals surface area contributed by atoms with Crippen LogP contribution in [-0.2, 0) is 9.47 Å². The second-order valence-electron chi connectivity index (χ2n) is 15.0. The highest BCUT2D eigenvalue weighted by Crippen LogP contribution is 2.13. The number of unbranched alkanes of at least 4 members (excludes halogenated alkanes) is 24. The topological polar surface area (TPSA) is 18.5 Å². The molecule has 3 nitrogen and oxygen atoms in total. The van der Waals surface area contributed by atoms with Gasteiger partial charge in [-0.05, 0) is 64.2 Å². The van der Waals surface area contributed by atoms with Gasteiger partial charge in [0.2, 0.25) is 0 Å². The fourth-order valence-electron chi connectivity index (χ4n) is 6.29. The summed E-state index contributed by atoms with van der Waals surface area (Å²) < 4.78 is 13.5. The maximum absolute atomic E-state index is 6.41. The fraction of sp³-hybridized carbons (Fsp3) is 0.907. The third kappa shape index (κ3) is 38.5. The molecular weight excluding hydrogens is 642 g/mol. The van der Waals surface area contributed by atoms with Crippen LogP contribution in [0.3, 0.4) is 0 Å². The Bertz CT molecular complexity index is 650. The summed E-state index contributed by atoms with van der Waals surface area (Å²) in [5.41, 5.74) is 0. The van der Waals surface area contributed by atoms with E-state index >= 15 is 0 Å². The highest BCUT2D eigenvalue weighted by atomic mass is 79.9. The van der Waals surface area contributed by atoms with Crippen molar-refractivity contribution in [1.82, 2.24) is 0 Å². The Labute approximate surface area is 305 Å². The molecule has 0 heterocycles. The molecule has 0 saturated heterocycles. The number of halogens is 1. The molecule has 0 aliphatic carbocycles. The van der Waals surface area contributed by atoms with Crippen molar-refractivity contribution in [2.24, 2.45) is 0 Å². The van der Waals surface area contributed by atoms with Crippen molar-refractivity contribution in [3.05, 3.63) is 24.3 Å². The van der Waals surface area contributed by atoms with Crippen molar-refractivity contribution in [3.8, 4) is 0 Å². The Balaban J connectivity index is 3.80. The lowest BCUT2D eigenvalue weighted by Crippen LogP contribution is -2.48. The number of likely N-dealkylation sites (N-methyl/N-ethyl adjacent to an activating group) is 1. The quantitative estimate of drug-likeness (QED) is 0.0272. The SMILES string of the molecule is CCCCCCCCC=CCCCCCCCCOCC(C[N+](C)(C)CCBr)OCCCCCCCCC=CCCCCCCCC. The zero-order valence-electron chi connectivity index (χ0n) is 32.6. The van der Waals surface area contributed by atoms with E-state index in [1.165, 1.54) is 180 Å². The number of nitrogens with zero attached hydrogens (tertiary/aromatic N) is 1. The summed E-state index contributed by atoms with van der Waals surface area (Å²) in [5, 5.41) is 1.03. The second-order valence-corrected chi connectivity index (χ2v) is 15.8. The molecule has 4 heteroatoms. The van der Waals surface area contributed by atoms with Crippen LogP contribution >= 0.6 is 15.9 Å². The molecule has 0 aromatic heterocycles. The molecule has 0 aliphatic heterocycles. The van der Waals surface area contributed by atoms with E-state index in [0.29, 0.717) is 0 Å². The molecule has 0 aromatic carbocycles. The number of quaternary nitrogens is 1. The van der Waals surface area contributed by atoms with Crippen LogP contribution in [0.5, 0.6) is 0 Å². The molecular formula is C43H85BrNO2+. The van der Waals surface area contributed by atoms with Crippen molar-refractivity contribution in [2.45, 2.75) is 200 Å². The normalized spacial score (nSPS) is 13.0. The first-order valence-corrected chi connectivity index (χ1v) is 22.0. The lowest BCUT2D eigenvalue weighted by atomic mass is 10.1. The van der Waals surface area contributed by atoms with E-state index in [-0.39, 0.29) is 6.10 Å². The molecule has 0 saturated carbocycles. The Hall–Kier alpha value is -0.160. The van der Waals surface area contributed by atoms with Gasteiger partial charge in [-0.1, -0.05) is 170 Å². The molecule has 0 aliphatic rings. The van der Waals surface area contributed by atoms with Crippen LogP contribution in [-0.4, -0.2) is 62.9 Å². The third-order valence-electron chi connectivity index (χ3n) is 9.50. The predicted octanol–water partition coefficient (Wildman–Crippen LogP) is 13.9. The second kappa shape index (κ2) is 38.6. The van der Waals surface area contributed by atoms with Crippen molar-refractivity contribution in [1.29, 1.82) is 0 Å². The maximum atomic E-state index is 6.41. The molecule has 0 N–H and O–H groups in total. The summed E-state index contributed by atoms with van der Waals surface area (Å²) in [6.07, 6.45) is 47.6. The fourth-order valence-corrected chi connectivity index (χ4v) is 7.25. The van der Waals surface area contributed by atoms with Gasteiger partial charge < -0.3 is 14.0 Å². The van der Waals surface area contributed by atoms with Crippen LogP contribution in [0.15, 0.2) is 24.3 Å². The van der Waals surface area contributed by atoms with Crippen molar-refractivity contribution in [2.75, 3.05) is 52.3 Å². The number of rotatable bonds is 39. The number of hydrogen-bond donors (Lipinski definition) is 0. The maximum Gasteiger partial charge on any atom is 0.130 e. The van der Waals surface area contributed by atoms with E-state index in [0.717, 1.165) is 42.7 Å². The van der Waals surface area contributed by atoms with Gasteiger partial charge in [-0.15, -0.1) is 0 Å². The number of hydrogen-bond acceptors (Lipinski definition) is 2. The van der Waals surface area contributed by atoms with Gasteiger partial charge in [0.05, 0.1) is 32.6 Å². The Morgan fingerprint density at radius 2 is 0.851 bits per heavy atom. The van der Waals surface area contributed by atoms with E-state index in [1.807, 2.05) is 0 Å². The molecule has 280 valence electrons. The van der Waals surface area contributed by atoms with Gasteiger partial charge in [0.1, 0.15) is 12.6 Å². The molecule has 47 heavy (non-hydrogen) atoms. The van der Waals surface area contributed by atoms with Crippen LogP contribution in [0.1, 0.15) is 194 Å². The van der Waals surface area contributed by atoms with Crippen LogP contribution < -0.4 is 0 Å². The molecule has 0 radical (unpaired) electrons. The molecule has 0 fully saturated rings. The minimum atomic E-state index is 0.196. The van der Waals surface area contributed by atoms with Crippen molar-refractivity contribution < 1.29 is 14.0 Å². The van der Waals surface area contributed by atoms with Crippen molar-refractivity contribution >= 4 is 15.9 Å². The van der Waals surface area contributed by atoms with Gasteiger partial charge in [0.15, 0.2) is 0 Å².